The lowest BCUT2D eigenvalue weighted by atomic mass is 10.0. The van der Waals surface area contributed by atoms with Gasteiger partial charge >= 0.3 is 12.1 Å². The van der Waals surface area contributed by atoms with Crippen LogP contribution < -0.4 is 19.6 Å². The number of carbonyl (C=O) groups is 2. The van der Waals surface area contributed by atoms with Gasteiger partial charge in [0, 0.05) is 12.6 Å². The summed E-state index contributed by atoms with van der Waals surface area (Å²) < 4.78 is 28.3. The van der Waals surface area contributed by atoms with Crippen molar-refractivity contribution in [1.82, 2.24) is 4.90 Å². The Kier molecular flexibility index (Phi) is 6.86. The van der Waals surface area contributed by atoms with E-state index in [1.807, 2.05) is 30.3 Å². The summed E-state index contributed by atoms with van der Waals surface area (Å²) in [5, 5.41) is 0.349. The van der Waals surface area contributed by atoms with E-state index in [9.17, 15) is 14.4 Å². The molecule has 0 bridgehead atoms. The van der Waals surface area contributed by atoms with Gasteiger partial charge in [-0.1, -0.05) is 36.4 Å². The van der Waals surface area contributed by atoms with Crippen LogP contribution in [0.3, 0.4) is 0 Å². The fourth-order valence-electron chi connectivity index (χ4n) is 5.10. The number of likely N-dealkylation sites (tertiary alicyclic amines) is 1. The number of nitrogens with zero attached hydrogens (tertiary/aromatic N) is 1. The van der Waals surface area contributed by atoms with Crippen LogP contribution in [0.4, 0.5) is 4.79 Å². The summed E-state index contributed by atoms with van der Waals surface area (Å²) in [7, 11) is 0. The molecule has 0 spiro atoms. The smallest absolute Gasteiger partial charge is 0.410 e. The maximum Gasteiger partial charge on any atom is 0.410 e. The molecule has 3 heterocycles. The maximum atomic E-state index is 13.4. The van der Waals surface area contributed by atoms with Crippen molar-refractivity contribution in [2.45, 2.75) is 32.4 Å². The van der Waals surface area contributed by atoms with Crippen LogP contribution in [0, 0.1) is 6.92 Å². The monoisotopic (exact) mass is 541 g/mol. The molecule has 204 valence electrons. The summed E-state index contributed by atoms with van der Waals surface area (Å²) in [6.45, 7) is 3.16. The average Bonchev–Trinajstić information content (AvgIpc) is 3.47. The molecule has 1 aromatic heterocycles. The van der Waals surface area contributed by atoms with Crippen LogP contribution in [0.5, 0.6) is 17.2 Å². The Labute approximate surface area is 229 Å². The van der Waals surface area contributed by atoms with Crippen molar-refractivity contribution < 1.29 is 33.0 Å². The maximum absolute atomic E-state index is 13.4. The lowest BCUT2D eigenvalue weighted by Gasteiger charge is -2.22. The van der Waals surface area contributed by atoms with Gasteiger partial charge in [0.2, 0.25) is 5.43 Å². The Morgan fingerprint density at radius 3 is 2.60 bits per heavy atom. The van der Waals surface area contributed by atoms with Crippen LogP contribution in [0.1, 0.15) is 24.2 Å². The molecule has 1 atom stereocenters. The summed E-state index contributed by atoms with van der Waals surface area (Å²) in [5.74, 6) is 1.28. The number of ether oxygens (including phenoxy) is 4. The predicted molar refractivity (Wildman–Crippen MR) is 146 cm³/mol. The predicted octanol–water partition coefficient (Wildman–Crippen LogP) is 5.25. The first kappa shape index (κ1) is 25.5. The first-order valence-electron chi connectivity index (χ1n) is 13.1. The van der Waals surface area contributed by atoms with Crippen LogP contribution in [-0.4, -0.2) is 42.8 Å². The van der Waals surface area contributed by atoms with Gasteiger partial charge in [-0.3, -0.25) is 9.69 Å². The van der Waals surface area contributed by atoms with Crippen LogP contribution >= 0.6 is 0 Å². The van der Waals surface area contributed by atoms with E-state index in [1.165, 1.54) is 11.0 Å². The van der Waals surface area contributed by atoms with Gasteiger partial charge in [-0.15, -0.1) is 0 Å². The van der Waals surface area contributed by atoms with Crippen LogP contribution in [0.15, 0.2) is 75.9 Å². The summed E-state index contributed by atoms with van der Waals surface area (Å²) in [6, 6.07) is 18.6. The molecular weight excluding hydrogens is 514 g/mol. The van der Waals surface area contributed by atoms with Crippen molar-refractivity contribution in [2.24, 2.45) is 0 Å². The third-order valence-electron chi connectivity index (χ3n) is 7.05. The lowest BCUT2D eigenvalue weighted by molar-refractivity contribution is -0.139. The summed E-state index contributed by atoms with van der Waals surface area (Å²) in [4.78, 5) is 40.6. The zero-order valence-electron chi connectivity index (χ0n) is 21.9. The summed E-state index contributed by atoms with van der Waals surface area (Å²) in [5.41, 5.74) is 2.02. The van der Waals surface area contributed by atoms with E-state index in [1.54, 1.807) is 37.3 Å². The molecule has 0 radical (unpaired) electrons. The minimum atomic E-state index is -0.759. The van der Waals surface area contributed by atoms with Gasteiger partial charge in [-0.05, 0) is 55.2 Å². The number of esters is 1. The standard InChI is InChI=1S/C31H27NO8/c1-19-28(21-9-12-25-27(16-21)37-15-14-36-25)29(33)23-11-10-22(17-26(23)39-19)40-30(34)24-8-5-13-32(24)31(35)38-18-20-6-3-2-4-7-20/h2-4,6-7,9-12,16-17,24H,5,8,13-15,18H2,1H3. The first-order chi connectivity index (χ1) is 19.5. The first-order valence-corrected chi connectivity index (χ1v) is 13.1. The molecular formula is C31H27NO8. The van der Waals surface area contributed by atoms with Gasteiger partial charge in [0.15, 0.2) is 11.5 Å². The largest absolute Gasteiger partial charge is 0.486 e. The van der Waals surface area contributed by atoms with Crippen molar-refractivity contribution in [3.05, 3.63) is 88.3 Å². The van der Waals surface area contributed by atoms with Crippen molar-refractivity contribution in [1.29, 1.82) is 0 Å². The Hall–Kier alpha value is -4.79. The normalized spacial score (nSPS) is 16.1. The molecule has 1 saturated heterocycles. The summed E-state index contributed by atoms with van der Waals surface area (Å²) in [6.07, 6.45) is 0.573. The minimum Gasteiger partial charge on any atom is -0.486 e. The molecule has 0 aliphatic carbocycles. The van der Waals surface area contributed by atoms with Gasteiger partial charge in [-0.25, -0.2) is 9.59 Å². The van der Waals surface area contributed by atoms with Crippen molar-refractivity contribution >= 4 is 23.0 Å². The topological polar surface area (TPSA) is 105 Å². The highest BCUT2D eigenvalue weighted by atomic mass is 16.6. The van der Waals surface area contributed by atoms with Crippen LogP contribution in [-0.2, 0) is 16.1 Å². The Morgan fingerprint density at radius 2 is 1.77 bits per heavy atom. The molecule has 3 aromatic carbocycles. The quantitative estimate of drug-likeness (QED) is 0.249. The second kappa shape index (κ2) is 10.8. The van der Waals surface area contributed by atoms with E-state index in [0.717, 1.165) is 5.56 Å². The number of fused-ring (bicyclic) bond motifs is 2. The lowest BCUT2D eigenvalue weighted by Crippen LogP contribution is -2.42. The highest BCUT2D eigenvalue weighted by molar-refractivity contribution is 5.87. The Balaban J connectivity index is 1.19. The second-order valence-electron chi connectivity index (χ2n) is 9.69. The molecule has 2 aliphatic rings. The zero-order valence-corrected chi connectivity index (χ0v) is 21.9. The zero-order chi connectivity index (χ0) is 27.6. The molecule has 2 aliphatic heterocycles. The van der Waals surface area contributed by atoms with Gasteiger partial charge in [0.1, 0.15) is 43.0 Å². The van der Waals surface area contributed by atoms with E-state index >= 15 is 0 Å². The van der Waals surface area contributed by atoms with E-state index in [0.29, 0.717) is 72.0 Å². The molecule has 0 N–H and O–H groups in total. The average molecular weight is 542 g/mol. The number of carbonyl (C=O) groups excluding carboxylic acids is 2. The molecule has 1 amide bonds. The SMILES string of the molecule is Cc1oc2cc(OC(=O)C3CCCN3C(=O)OCc3ccccc3)ccc2c(=O)c1-c1ccc2c(c1)OCCO2. The van der Waals surface area contributed by atoms with Crippen molar-refractivity contribution in [3.63, 3.8) is 0 Å². The second-order valence-corrected chi connectivity index (χ2v) is 9.69. The molecule has 0 saturated carbocycles. The number of rotatable bonds is 5. The molecule has 40 heavy (non-hydrogen) atoms. The number of benzene rings is 3. The highest BCUT2D eigenvalue weighted by Gasteiger charge is 2.36. The molecule has 4 aromatic rings. The van der Waals surface area contributed by atoms with E-state index in [-0.39, 0.29) is 17.8 Å². The van der Waals surface area contributed by atoms with E-state index in [4.69, 9.17) is 23.4 Å². The van der Waals surface area contributed by atoms with Gasteiger partial charge in [0.05, 0.1) is 10.9 Å². The van der Waals surface area contributed by atoms with Gasteiger partial charge < -0.3 is 23.4 Å². The molecule has 9 nitrogen and oxygen atoms in total. The number of aryl methyl sites for hydroxylation is 1. The third kappa shape index (κ3) is 4.98. The van der Waals surface area contributed by atoms with Crippen LogP contribution in [0.2, 0.25) is 0 Å². The van der Waals surface area contributed by atoms with E-state index in [2.05, 4.69) is 0 Å². The molecule has 1 unspecified atom stereocenters. The Bertz CT molecular complexity index is 1640. The fourth-order valence-corrected chi connectivity index (χ4v) is 5.10. The molecule has 1 fully saturated rings. The van der Waals surface area contributed by atoms with E-state index < -0.39 is 18.1 Å². The fraction of sp³-hybridized carbons (Fsp3) is 0.258. The number of hydrogen-bond acceptors (Lipinski definition) is 8. The van der Waals surface area contributed by atoms with Crippen LogP contribution in [0.25, 0.3) is 22.1 Å². The molecule has 6 rings (SSSR count). The number of amides is 1. The summed E-state index contributed by atoms with van der Waals surface area (Å²) >= 11 is 0. The van der Waals surface area contributed by atoms with Gasteiger partial charge in [-0.2, -0.15) is 0 Å². The van der Waals surface area contributed by atoms with Crippen molar-refractivity contribution in [3.8, 4) is 28.4 Å². The highest BCUT2D eigenvalue weighted by Crippen LogP contribution is 2.35. The van der Waals surface area contributed by atoms with Gasteiger partial charge in [0.25, 0.3) is 0 Å². The Morgan fingerprint density at radius 1 is 0.975 bits per heavy atom. The minimum absolute atomic E-state index is 0.120. The number of hydrogen-bond donors (Lipinski definition) is 0. The third-order valence-corrected chi connectivity index (χ3v) is 7.05. The molecule has 9 heteroatoms. The van der Waals surface area contributed by atoms with Crippen molar-refractivity contribution in [2.75, 3.05) is 19.8 Å².